The van der Waals surface area contributed by atoms with E-state index < -0.39 is 11.9 Å². The summed E-state index contributed by atoms with van der Waals surface area (Å²) in [6.45, 7) is 3.14. The maximum absolute atomic E-state index is 12.4. The maximum Gasteiger partial charge on any atom is 0.347 e. The average Bonchev–Trinajstić information content (AvgIpc) is 2.60. The van der Waals surface area contributed by atoms with Gasteiger partial charge in [0, 0.05) is 11.1 Å². The summed E-state index contributed by atoms with van der Waals surface area (Å²) in [5.74, 6) is -1.58. The molecular formula is C18H17BrO6. The monoisotopic (exact) mass is 408 g/mol. The molecule has 132 valence electrons. The van der Waals surface area contributed by atoms with Crippen molar-refractivity contribution in [2.24, 2.45) is 0 Å². The molecular weight excluding hydrogens is 392 g/mol. The van der Waals surface area contributed by atoms with E-state index in [1.165, 1.54) is 12.1 Å². The van der Waals surface area contributed by atoms with Crippen LogP contribution in [-0.2, 0) is 4.74 Å². The number of aromatic carboxylic acids is 1. The summed E-state index contributed by atoms with van der Waals surface area (Å²) in [5.41, 5.74) is 0.0933. The predicted octanol–water partition coefficient (Wildman–Crippen LogP) is 3.78. The number of carbonyl (C=O) groups is 2. The fourth-order valence-electron chi connectivity index (χ4n) is 2.03. The largest absolute Gasteiger partial charge is 0.490 e. The normalized spacial score (nSPS) is 10.3. The van der Waals surface area contributed by atoms with Gasteiger partial charge in [-0.1, -0.05) is 28.1 Å². The Hall–Kier alpha value is -2.38. The first-order valence-electron chi connectivity index (χ1n) is 7.57. The minimum atomic E-state index is -1.19. The molecule has 6 nitrogen and oxygen atoms in total. The molecule has 0 fully saturated rings. The van der Waals surface area contributed by atoms with Crippen molar-refractivity contribution in [1.82, 2.24) is 0 Å². The fourth-order valence-corrected chi connectivity index (χ4v) is 2.39. The van der Waals surface area contributed by atoms with Crippen molar-refractivity contribution in [3.63, 3.8) is 0 Å². The van der Waals surface area contributed by atoms with Gasteiger partial charge >= 0.3 is 11.9 Å². The second-order valence-corrected chi connectivity index (χ2v) is 5.79. The SMILES string of the molecule is CCOCCOc1ccccc1C(=O)Oc1ccc(Br)cc1C(=O)O. The van der Waals surface area contributed by atoms with Crippen molar-refractivity contribution < 1.29 is 28.9 Å². The van der Waals surface area contributed by atoms with E-state index >= 15 is 0 Å². The highest BCUT2D eigenvalue weighted by atomic mass is 79.9. The van der Waals surface area contributed by atoms with Gasteiger partial charge in [0.05, 0.1) is 6.61 Å². The molecule has 0 saturated carbocycles. The number of carboxylic acids is 1. The lowest BCUT2D eigenvalue weighted by Gasteiger charge is -2.12. The molecule has 7 heteroatoms. The smallest absolute Gasteiger partial charge is 0.347 e. The van der Waals surface area contributed by atoms with Gasteiger partial charge in [-0.05, 0) is 37.3 Å². The first-order valence-corrected chi connectivity index (χ1v) is 8.36. The highest BCUT2D eigenvalue weighted by Gasteiger charge is 2.19. The van der Waals surface area contributed by atoms with Gasteiger partial charge in [0.25, 0.3) is 0 Å². The van der Waals surface area contributed by atoms with Crippen LogP contribution in [0.3, 0.4) is 0 Å². The van der Waals surface area contributed by atoms with Crippen molar-refractivity contribution in [1.29, 1.82) is 0 Å². The summed E-state index contributed by atoms with van der Waals surface area (Å²) < 4.78 is 16.6. The van der Waals surface area contributed by atoms with Crippen molar-refractivity contribution in [2.75, 3.05) is 19.8 Å². The average molecular weight is 409 g/mol. The third kappa shape index (κ3) is 5.30. The molecule has 0 aliphatic heterocycles. The van der Waals surface area contributed by atoms with Crippen molar-refractivity contribution in [2.45, 2.75) is 6.92 Å². The number of hydrogen-bond donors (Lipinski definition) is 1. The van der Waals surface area contributed by atoms with Gasteiger partial charge in [0.15, 0.2) is 0 Å². The molecule has 0 spiro atoms. The predicted molar refractivity (Wildman–Crippen MR) is 94.5 cm³/mol. The Bertz CT molecular complexity index is 759. The number of hydrogen-bond acceptors (Lipinski definition) is 5. The molecule has 0 saturated heterocycles. The van der Waals surface area contributed by atoms with E-state index in [9.17, 15) is 14.7 Å². The third-order valence-electron chi connectivity index (χ3n) is 3.17. The summed E-state index contributed by atoms with van der Waals surface area (Å²) in [6, 6.07) is 11.0. The summed E-state index contributed by atoms with van der Waals surface area (Å²) in [5, 5.41) is 9.24. The summed E-state index contributed by atoms with van der Waals surface area (Å²) in [7, 11) is 0. The molecule has 1 N–H and O–H groups in total. The zero-order valence-corrected chi connectivity index (χ0v) is 15.1. The van der Waals surface area contributed by atoms with Gasteiger partial charge in [0.1, 0.15) is 29.2 Å². The lowest BCUT2D eigenvalue weighted by Crippen LogP contribution is -2.14. The van der Waals surface area contributed by atoms with Crippen LogP contribution < -0.4 is 9.47 Å². The van der Waals surface area contributed by atoms with E-state index in [1.807, 2.05) is 6.92 Å². The van der Waals surface area contributed by atoms with E-state index in [-0.39, 0.29) is 23.5 Å². The highest BCUT2D eigenvalue weighted by Crippen LogP contribution is 2.26. The van der Waals surface area contributed by atoms with Crippen LogP contribution in [0, 0.1) is 0 Å². The summed E-state index contributed by atoms with van der Waals surface area (Å²) in [4.78, 5) is 23.8. The Morgan fingerprint density at radius 3 is 2.52 bits per heavy atom. The van der Waals surface area contributed by atoms with Crippen molar-refractivity contribution >= 4 is 27.9 Å². The lowest BCUT2D eigenvalue weighted by molar-refractivity contribution is 0.0679. The molecule has 2 aromatic carbocycles. The Morgan fingerprint density at radius 1 is 1.04 bits per heavy atom. The second-order valence-electron chi connectivity index (χ2n) is 4.88. The number of halogens is 1. The molecule has 2 rings (SSSR count). The van der Waals surface area contributed by atoms with E-state index in [4.69, 9.17) is 14.2 Å². The van der Waals surface area contributed by atoms with Crippen molar-refractivity contribution in [3.05, 3.63) is 58.1 Å². The van der Waals surface area contributed by atoms with Crippen molar-refractivity contribution in [3.8, 4) is 11.5 Å². The molecule has 0 heterocycles. The molecule has 0 radical (unpaired) electrons. The topological polar surface area (TPSA) is 82.1 Å². The minimum Gasteiger partial charge on any atom is -0.490 e. The second kappa shape index (κ2) is 9.19. The number of esters is 1. The Labute approximate surface area is 153 Å². The van der Waals surface area contributed by atoms with Crippen LogP contribution in [-0.4, -0.2) is 36.9 Å². The molecule has 0 bridgehead atoms. The molecule has 0 atom stereocenters. The lowest BCUT2D eigenvalue weighted by atomic mass is 10.2. The van der Waals surface area contributed by atoms with E-state index in [0.717, 1.165) is 0 Å². The van der Waals surface area contributed by atoms with E-state index in [2.05, 4.69) is 15.9 Å². The van der Waals surface area contributed by atoms with Crippen LogP contribution in [0.25, 0.3) is 0 Å². The maximum atomic E-state index is 12.4. The van der Waals surface area contributed by atoms with Gasteiger partial charge in [0.2, 0.25) is 0 Å². The number of benzene rings is 2. The first kappa shape index (κ1) is 19.0. The number of para-hydroxylation sites is 1. The van der Waals surface area contributed by atoms with Gasteiger partial charge in [-0.2, -0.15) is 0 Å². The van der Waals surface area contributed by atoms with Crippen LogP contribution in [0.15, 0.2) is 46.9 Å². The van der Waals surface area contributed by atoms with Gasteiger partial charge in [-0.25, -0.2) is 9.59 Å². The summed E-state index contributed by atoms with van der Waals surface area (Å²) in [6.07, 6.45) is 0. The summed E-state index contributed by atoms with van der Waals surface area (Å²) >= 11 is 3.19. The van der Waals surface area contributed by atoms with Gasteiger partial charge < -0.3 is 19.3 Å². The Balaban J connectivity index is 2.18. The number of rotatable bonds is 8. The molecule has 0 unspecified atom stereocenters. The van der Waals surface area contributed by atoms with Crippen LogP contribution >= 0.6 is 15.9 Å². The number of carbonyl (C=O) groups excluding carboxylic acids is 1. The standard InChI is InChI=1S/C18H17BrO6/c1-2-23-9-10-24-15-6-4-3-5-13(15)18(22)25-16-8-7-12(19)11-14(16)17(20)21/h3-8,11H,2,9-10H2,1H3,(H,20,21). The molecule has 2 aromatic rings. The van der Waals surface area contributed by atoms with Crippen LogP contribution in [0.4, 0.5) is 0 Å². The van der Waals surface area contributed by atoms with Crippen LogP contribution in [0.2, 0.25) is 0 Å². The zero-order chi connectivity index (χ0) is 18.2. The molecule has 0 amide bonds. The molecule has 0 aliphatic rings. The number of ether oxygens (including phenoxy) is 3. The molecule has 25 heavy (non-hydrogen) atoms. The Kier molecular flexibility index (Phi) is 6.97. The Morgan fingerprint density at radius 2 is 1.80 bits per heavy atom. The number of carboxylic acid groups (broad SMARTS) is 1. The van der Waals surface area contributed by atoms with Crippen LogP contribution in [0.1, 0.15) is 27.6 Å². The highest BCUT2D eigenvalue weighted by molar-refractivity contribution is 9.10. The van der Waals surface area contributed by atoms with E-state index in [0.29, 0.717) is 23.4 Å². The van der Waals surface area contributed by atoms with Gasteiger partial charge in [-0.15, -0.1) is 0 Å². The van der Waals surface area contributed by atoms with Gasteiger partial charge in [-0.3, -0.25) is 0 Å². The molecule has 0 aromatic heterocycles. The minimum absolute atomic E-state index is 0.0372. The quantitative estimate of drug-likeness (QED) is 0.406. The third-order valence-corrected chi connectivity index (χ3v) is 3.66. The van der Waals surface area contributed by atoms with Crippen LogP contribution in [0.5, 0.6) is 11.5 Å². The molecule has 0 aliphatic carbocycles. The van der Waals surface area contributed by atoms with E-state index in [1.54, 1.807) is 30.3 Å². The zero-order valence-electron chi connectivity index (χ0n) is 13.5. The first-order chi connectivity index (χ1) is 12.0. The fraction of sp³-hybridized carbons (Fsp3) is 0.222.